The van der Waals surface area contributed by atoms with Gasteiger partial charge < -0.3 is 5.32 Å². The minimum absolute atomic E-state index is 0.00143. The Morgan fingerprint density at radius 2 is 2.05 bits per heavy atom. The van der Waals surface area contributed by atoms with Gasteiger partial charge in [0.15, 0.2) is 5.82 Å². The maximum atomic E-state index is 12.0. The van der Waals surface area contributed by atoms with Gasteiger partial charge in [0.05, 0.1) is 5.92 Å². The topological polar surface area (TPSA) is 83.6 Å². The molecule has 0 unspecified atom stereocenters. The van der Waals surface area contributed by atoms with Gasteiger partial charge in [-0.25, -0.2) is 0 Å². The molecule has 0 radical (unpaired) electrons. The van der Waals surface area contributed by atoms with Crippen LogP contribution in [0.2, 0.25) is 0 Å². The summed E-state index contributed by atoms with van der Waals surface area (Å²) in [6.07, 6.45) is 0. The average molecular weight is 259 g/mol. The van der Waals surface area contributed by atoms with Crippen LogP contribution >= 0.6 is 0 Å². The number of nitrogens with zero attached hydrogens (tertiary/aromatic N) is 3. The summed E-state index contributed by atoms with van der Waals surface area (Å²) in [7, 11) is 0. The summed E-state index contributed by atoms with van der Waals surface area (Å²) >= 11 is 0. The normalized spacial score (nSPS) is 13.8. The SMILES string of the molecule is C[C@H](CNC(=O)[C@@H](C)c1ccccc1)c1nn[nH]n1. The monoisotopic (exact) mass is 259 g/mol. The van der Waals surface area contributed by atoms with Crippen molar-refractivity contribution >= 4 is 5.91 Å². The third-order valence-corrected chi connectivity index (χ3v) is 3.08. The molecule has 2 aromatic rings. The van der Waals surface area contributed by atoms with Gasteiger partial charge in [0.2, 0.25) is 5.91 Å². The standard InChI is InChI=1S/C13H17N5O/c1-9(12-15-17-18-16-12)8-14-13(19)10(2)11-6-4-3-5-7-11/h3-7,9-10H,8H2,1-2H3,(H,14,19)(H,15,16,17,18)/t9-,10+/m1/s1. The number of hydrogen-bond acceptors (Lipinski definition) is 4. The molecule has 6 heteroatoms. The number of carbonyl (C=O) groups is 1. The molecular formula is C13H17N5O. The molecule has 2 N–H and O–H groups in total. The second-order valence-electron chi connectivity index (χ2n) is 4.55. The van der Waals surface area contributed by atoms with Crippen LogP contribution in [-0.4, -0.2) is 33.1 Å². The maximum Gasteiger partial charge on any atom is 0.227 e. The van der Waals surface area contributed by atoms with E-state index in [1.165, 1.54) is 0 Å². The summed E-state index contributed by atoms with van der Waals surface area (Å²) in [5, 5.41) is 16.6. The second kappa shape index (κ2) is 6.08. The van der Waals surface area contributed by atoms with Crippen molar-refractivity contribution in [1.29, 1.82) is 0 Å². The van der Waals surface area contributed by atoms with Crippen molar-refractivity contribution in [1.82, 2.24) is 25.9 Å². The van der Waals surface area contributed by atoms with E-state index in [0.717, 1.165) is 5.56 Å². The highest BCUT2D eigenvalue weighted by atomic mass is 16.1. The lowest BCUT2D eigenvalue weighted by molar-refractivity contribution is -0.122. The van der Waals surface area contributed by atoms with Crippen LogP contribution in [0.1, 0.15) is 37.1 Å². The summed E-state index contributed by atoms with van der Waals surface area (Å²) in [5.41, 5.74) is 1.01. The van der Waals surface area contributed by atoms with Crippen LogP contribution in [0.5, 0.6) is 0 Å². The minimum atomic E-state index is -0.168. The van der Waals surface area contributed by atoms with Crippen molar-refractivity contribution in [3.63, 3.8) is 0 Å². The van der Waals surface area contributed by atoms with E-state index in [9.17, 15) is 4.79 Å². The third-order valence-electron chi connectivity index (χ3n) is 3.08. The fourth-order valence-electron chi connectivity index (χ4n) is 1.77. The van der Waals surface area contributed by atoms with Crippen LogP contribution in [0.25, 0.3) is 0 Å². The molecule has 0 spiro atoms. The number of aromatic nitrogens is 4. The highest BCUT2D eigenvalue weighted by molar-refractivity contribution is 5.83. The Balaban J connectivity index is 1.88. The Hall–Kier alpha value is -2.24. The first-order valence-corrected chi connectivity index (χ1v) is 6.24. The first-order chi connectivity index (χ1) is 9.18. The zero-order valence-electron chi connectivity index (χ0n) is 11.0. The van der Waals surface area contributed by atoms with E-state index in [1.807, 2.05) is 44.2 Å². The molecule has 2 rings (SSSR count). The molecule has 100 valence electrons. The second-order valence-corrected chi connectivity index (χ2v) is 4.55. The molecule has 0 aliphatic heterocycles. The first kappa shape index (κ1) is 13.2. The van der Waals surface area contributed by atoms with Crippen LogP contribution < -0.4 is 5.32 Å². The Bertz CT molecular complexity index is 511. The smallest absolute Gasteiger partial charge is 0.227 e. The lowest BCUT2D eigenvalue weighted by atomic mass is 10.0. The molecular weight excluding hydrogens is 242 g/mol. The maximum absolute atomic E-state index is 12.0. The summed E-state index contributed by atoms with van der Waals surface area (Å²) in [6.45, 7) is 4.33. The predicted octanol–water partition coefficient (Wildman–Crippen LogP) is 1.22. The summed E-state index contributed by atoms with van der Waals surface area (Å²) in [5.74, 6) is 0.471. The molecule has 0 aliphatic rings. The van der Waals surface area contributed by atoms with Gasteiger partial charge in [-0.05, 0) is 12.5 Å². The van der Waals surface area contributed by atoms with Gasteiger partial charge in [-0.15, -0.1) is 10.2 Å². The molecule has 0 saturated carbocycles. The summed E-state index contributed by atoms with van der Waals surface area (Å²) in [4.78, 5) is 12.0. The van der Waals surface area contributed by atoms with E-state index in [4.69, 9.17) is 0 Å². The zero-order chi connectivity index (χ0) is 13.7. The van der Waals surface area contributed by atoms with Crippen molar-refractivity contribution in [2.24, 2.45) is 0 Å². The first-order valence-electron chi connectivity index (χ1n) is 6.24. The van der Waals surface area contributed by atoms with Gasteiger partial charge in [0, 0.05) is 12.5 Å². The third kappa shape index (κ3) is 3.37. The Morgan fingerprint density at radius 3 is 2.68 bits per heavy atom. The van der Waals surface area contributed by atoms with Crippen LogP contribution in [-0.2, 0) is 4.79 Å². The van der Waals surface area contributed by atoms with Gasteiger partial charge in [-0.1, -0.05) is 42.5 Å². The van der Waals surface area contributed by atoms with Crippen LogP contribution in [0.3, 0.4) is 0 Å². The zero-order valence-corrected chi connectivity index (χ0v) is 11.0. The number of H-pyrrole nitrogens is 1. The molecule has 1 amide bonds. The summed E-state index contributed by atoms with van der Waals surface area (Å²) in [6, 6.07) is 9.70. The van der Waals surface area contributed by atoms with E-state index in [2.05, 4.69) is 25.9 Å². The van der Waals surface area contributed by atoms with Gasteiger partial charge >= 0.3 is 0 Å². The quantitative estimate of drug-likeness (QED) is 0.845. The highest BCUT2D eigenvalue weighted by Gasteiger charge is 2.17. The number of amides is 1. The van der Waals surface area contributed by atoms with Crippen LogP contribution in [0.4, 0.5) is 0 Å². The molecule has 1 aromatic heterocycles. The number of nitrogens with one attached hydrogen (secondary N) is 2. The van der Waals surface area contributed by atoms with E-state index < -0.39 is 0 Å². The minimum Gasteiger partial charge on any atom is -0.355 e. The van der Waals surface area contributed by atoms with Gasteiger partial charge in [0.1, 0.15) is 0 Å². The van der Waals surface area contributed by atoms with Crippen LogP contribution in [0, 0.1) is 0 Å². The van der Waals surface area contributed by atoms with Gasteiger partial charge in [-0.3, -0.25) is 4.79 Å². The fraction of sp³-hybridized carbons (Fsp3) is 0.385. The van der Waals surface area contributed by atoms with Crippen molar-refractivity contribution in [3.05, 3.63) is 41.7 Å². The molecule has 0 bridgehead atoms. The Labute approximate surface area is 111 Å². The lowest BCUT2D eigenvalue weighted by Crippen LogP contribution is -2.31. The fourth-order valence-corrected chi connectivity index (χ4v) is 1.77. The van der Waals surface area contributed by atoms with E-state index in [-0.39, 0.29) is 17.7 Å². The number of carbonyl (C=O) groups excluding carboxylic acids is 1. The Kier molecular flexibility index (Phi) is 4.22. The molecule has 0 fully saturated rings. The number of benzene rings is 1. The van der Waals surface area contributed by atoms with Crippen molar-refractivity contribution in [2.45, 2.75) is 25.7 Å². The largest absolute Gasteiger partial charge is 0.355 e. The molecule has 19 heavy (non-hydrogen) atoms. The number of rotatable bonds is 5. The summed E-state index contributed by atoms with van der Waals surface area (Å²) < 4.78 is 0. The number of hydrogen-bond donors (Lipinski definition) is 2. The highest BCUT2D eigenvalue weighted by Crippen LogP contribution is 2.15. The van der Waals surface area contributed by atoms with Gasteiger partial charge in [0.25, 0.3) is 0 Å². The van der Waals surface area contributed by atoms with Crippen molar-refractivity contribution in [3.8, 4) is 0 Å². The molecule has 2 atom stereocenters. The molecule has 0 saturated heterocycles. The predicted molar refractivity (Wildman–Crippen MR) is 70.5 cm³/mol. The number of aromatic amines is 1. The molecule has 1 aromatic carbocycles. The van der Waals surface area contributed by atoms with E-state index >= 15 is 0 Å². The molecule has 0 aliphatic carbocycles. The number of tetrazole rings is 1. The van der Waals surface area contributed by atoms with E-state index in [1.54, 1.807) is 0 Å². The molecule has 1 heterocycles. The van der Waals surface area contributed by atoms with E-state index in [0.29, 0.717) is 12.4 Å². The van der Waals surface area contributed by atoms with Crippen molar-refractivity contribution < 1.29 is 4.79 Å². The van der Waals surface area contributed by atoms with Crippen molar-refractivity contribution in [2.75, 3.05) is 6.54 Å². The molecule has 6 nitrogen and oxygen atoms in total. The Morgan fingerprint density at radius 1 is 1.32 bits per heavy atom. The van der Waals surface area contributed by atoms with Gasteiger partial charge in [-0.2, -0.15) is 5.21 Å². The average Bonchev–Trinajstić information content (AvgIpc) is 2.98. The lowest BCUT2D eigenvalue weighted by Gasteiger charge is -2.14. The van der Waals surface area contributed by atoms with Crippen LogP contribution in [0.15, 0.2) is 30.3 Å².